The second-order valence-electron chi connectivity index (χ2n) is 9.73. The second-order valence-corrected chi connectivity index (χ2v) is 9.73. The molecule has 9 fully saturated rings. The first-order valence-electron chi connectivity index (χ1n) is 8.34. The van der Waals surface area contributed by atoms with Gasteiger partial charge in [0.2, 0.25) is 0 Å². The van der Waals surface area contributed by atoms with Crippen molar-refractivity contribution < 1.29 is 0 Å². The molecule has 0 aromatic rings. The maximum absolute atomic E-state index is 2.64. The van der Waals surface area contributed by atoms with Crippen LogP contribution in [0.25, 0.3) is 0 Å². The summed E-state index contributed by atoms with van der Waals surface area (Å²) in [6.07, 6.45) is 5.11. The van der Waals surface area contributed by atoms with Gasteiger partial charge in [0.25, 0.3) is 0 Å². The predicted molar refractivity (Wildman–Crippen MR) is 60.7 cm³/mol. The largest absolute Gasteiger partial charge is 0.0619 e. The fraction of sp³-hybridized carbons (Fsp3) is 1.00. The van der Waals surface area contributed by atoms with E-state index in [1.807, 2.05) is 0 Å². The Kier molecular flexibility index (Phi) is 0.506. The Morgan fingerprint density at radius 1 is 0.588 bits per heavy atom. The lowest BCUT2D eigenvalue weighted by Gasteiger charge is -3.26. The van der Waals surface area contributed by atoms with Crippen LogP contribution >= 0.6 is 0 Å². The zero-order valence-electron chi connectivity index (χ0n) is 10.3. The molecule has 10 unspecified atom stereocenters. The van der Waals surface area contributed by atoms with Gasteiger partial charge in [0.1, 0.15) is 0 Å². The fourth-order valence-electron chi connectivity index (χ4n) is 13.3. The van der Waals surface area contributed by atoms with E-state index in [0.717, 1.165) is 21.7 Å². The van der Waals surface area contributed by atoms with Gasteiger partial charge in [-0.1, -0.05) is 6.92 Å². The highest BCUT2D eigenvalue weighted by molar-refractivity contribution is 5.69. The standard InChI is InChI=1S/C17H18/c1-5-12-10-3-8-6-2-7-9-4-11-13(5)17(12)15(8,10)14(6,7)16(9,11)17/h5-13H,2-4H2,1H3. The van der Waals surface area contributed by atoms with Crippen LogP contribution in [0.5, 0.6) is 0 Å². The smallest absolute Gasteiger partial charge is 0.00945 e. The average molecular weight is 222 g/mol. The summed E-state index contributed by atoms with van der Waals surface area (Å²) in [5.41, 5.74) is 4.29. The summed E-state index contributed by atoms with van der Waals surface area (Å²) in [4.78, 5) is 0. The molecule has 10 atom stereocenters. The van der Waals surface area contributed by atoms with E-state index < -0.39 is 0 Å². The monoisotopic (exact) mass is 222 g/mol. The molecule has 0 nitrogen and oxygen atoms in total. The van der Waals surface area contributed by atoms with Gasteiger partial charge in [0.05, 0.1) is 0 Å². The Morgan fingerprint density at radius 3 is 1.53 bits per heavy atom. The molecule has 9 aliphatic rings. The van der Waals surface area contributed by atoms with Crippen molar-refractivity contribution in [2.24, 2.45) is 74.9 Å². The van der Waals surface area contributed by atoms with Crippen molar-refractivity contribution in [1.82, 2.24) is 0 Å². The maximum Gasteiger partial charge on any atom is -0.00945 e. The van der Waals surface area contributed by atoms with Gasteiger partial charge in [-0.25, -0.2) is 0 Å². The van der Waals surface area contributed by atoms with Gasteiger partial charge in [-0.05, 0) is 94.2 Å². The number of hydrogen-bond acceptors (Lipinski definition) is 0. The van der Waals surface area contributed by atoms with Crippen LogP contribution in [0, 0.1) is 74.9 Å². The van der Waals surface area contributed by atoms with Gasteiger partial charge in [-0.15, -0.1) is 0 Å². The maximum atomic E-state index is 2.64. The molecule has 9 rings (SSSR count). The van der Waals surface area contributed by atoms with Crippen molar-refractivity contribution >= 4 is 0 Å². The van der Waals surface area contributed by atoms with Crippen LogP contribution in [0.4, 0.5) is 0 Å². The van der Waals surface area contributed by atoms with Gasteiger partial charge in [0.15, 0.2) is 0 Å². The second kappa shape index (κ2) is 1.23. The van der Waals surface area contributed by atoms with E-state index in [-0.39, 0.29) is 0 Å². The van der Waals surface area contributed by atoms with Gasteiger partial charge in [0, 0.05) is 0 Å². The third-order valence-corrected chi connectivity index (χ3v) is 11.8. The van der Waals surface area contributed by atoms with E-state index in [2.05, 4.69) is 6.92 Å². The van der Waals surface area contributed by atoms with E-state index in [0.29, 0.717) is 0 Å². The van der Waals surface area contributed by atoms with Crippen LogP contribution in [0.2, 0.25) is 0 Å². The summed E-state index contributed by atoms with van der Waals surface area (Å²) >= 11 is 0. The first-order valence-corrected chi connectivity index (χ1v) is 8.34. The van der Waals surface area contributed by atoms with Crippen molar-refractivity contribution in [3.63, 3.8) is 0 Å². The summed E-state index contributed by atoms with van der Waals surface area (Å²) in [7, 11) is 0. The molecule has 86 valence electrons. The van der Waals surface area contributed by atoms with Crippen molar-refractivity contribution in [1.29, 1.82) is 0 Å². The predicted octanol–water partition coefficient (Wildman–Crippen LogP) is 2.79. The quantitative estimate of drug-likeness (QED) is 0.591. The molecule has 9 saturated carbocycles. The van der Waals surface area contributed by atoms with Crippen LogP contribution in [0.15, 0.2) is 0 Å². The van der Waals surface area contributed by atoms with Crippen LogP contribution in [-0.4, -0.2) is 0 Å². The third kappa shape index (κ3) is 0.218. The zero-order chi connectivity index (χ0) is 10.3. The first kappa shape index (κ1) is 6.96. The molecule has 0 aromatic carbocycles. The van der Waals surface area contributed by atoms with E-state index in [1.54, 1.807) is 19.3 Å². The molecule has 0 heterocycles. The van der Waals surface area contributed by atoms with E-state index in [1.165, 1.54) is 53.3 Å². The minimum Gasteiger partial charge on any atom is -0.0619 e. The lowest BCUT2D eigenvalue weighted by atomic mass is 8.77. The molecule has 0 aliphatic heterocycles. The van der Waals surface area contributed by atoms with Gasteiger partial charge < -0.3 is 0 Å². The molecule has 0 saturated heterocycles. The minimum absolute atomic E-state index is 1.06. The lowest BCUT2D eigenvalue weighted by Crippen LogP contribution is -3.23. The molecule has 0 N–H and O–H groups in total. The van der Waals surface area contributed by atoms with Crippen molar-refractivity contribution in [3.8, 4) is 0 Å². The topological polar surface area (TPSA) is 0 Å². The molecule has 0 heteroatoms. The molecule has 0 amide bonds. The Morgan fingerprint density at radius 2 is 1.00 bits per heavy atom. The highest BCUT2D eigenvalue weighted by Gasteiger charge is 3.23. The number of fused-ring (bicyclic) bond motifs is 4. The molecule has 0 aromatic heterocycles. The van der Waals surface area contributed by atoms with E-state index >= 15 is 0 Å². The minimum atomic E-state index is 1.06. The molecule has 0 bridgehead atoms. The normalized spacial score (nSPS) is 107. The highest BCUT2D eigenvalue weighted by atomic mass is 15.3. The van der Waals surface area contributed by atoms with Crippen LogP contribution in [0.3, 0.4) is 0 Å². The highest BCUT2D eigenvalue weighted by Crippen LogP contribution is 3.26. The molecular formula is C17H18. The van der Waals surface area contributed by atoms with E-state index in [9.17, 15) is 0 Å². The Hall–Kier alpha value is 0. The Bertz CT molecular complexity index is 566. The van der Waals surface area contributed by atoms with Crippen LogP contribution in [0.1, 0.15) is 26.2 Å². The summed E-state index contributed by atoms with van der Waals surface area (Å²) in [5, 5.41) is 0. The molecule has 17 heavy (non-hydrogen) atoms. The lowest BCUT2D eigenvalue weighted by molar-refractivity contribution is -0.803. The zero-order valence-corrected chi connectivity index (χ0v) is 10.3. The Labute approximate surface area is 102 Å². The number of hydrogen-bond donors (Lipinski definition) is 0. The Balaban J connectivity index is 1.47. The van der Waals surface area contributed by atoms with Gasteiger partial charge in [-0.3, -0.25) is 0 Å². The van der Waals surface area contributed by atoms with Gasteiger partial charge >= 0.3 is 0 Å². The summed E-state index contributed by atoms with van der Waals surface area (Å²) in [5.74, 6) is 11.5. The van der Waals surface area contributed by atoms with Crippen LogP contribution in [-0.2, 0) is 0 Å². The summed E-state index contributed by atoms with van der Waals surface area (Å²) in [6, 6.07) is 0. The third-order valence-electron chi connectivity index (χ3n) is 11.8. The molecule has 0 radical (unpaired) electrons. The first-order chi connectivity index (χ1) is 8.34. The number of rotatable bonds is 0. The van der Waals surface area contributed by atoms with Crippen molar-refractivity contribution in [3.05, 3.63) is 0 Å². The van der Waals surface area contributed by atoms with Crippen molar-refractivity contribution in [2.75, 3.05) is 0 Å². The van der Waals surface area contributed by atoms with Crippen molar-refractivity contribution in [2.45, 2.75) is 26.2 Å². The van der Waals surface area contributed by atoms with Crippen LogP contribution < -0.4 is 0 Å². The average Bonchev–Trinajstić information content (AvgIpc) is 2.18. The molecule has 4 spiro atoms. The SMILES string of the molecule is CC1C2C3CC4C5CC6C7CC8C1C21C43C56C781. The summed E-state index contributed by atoms with van der Waals surface area (Å²) in [6.45, 7) is 2.64. The van der Waals surface area contributed by atoms with E-state index in [4.69, 9.17) is 0 Å². The summed E-state index contributed by atoms with van der Waals surface area (Å²) < 4.78 is 0. The molecule has 9 aliphatic carbocycles. The van der Waals surface area contributed by atoms with Gasteiger partial charge in [-0.2, -0.15) is 0 Å². The molecular weight excluding hydrogens is 204 g/mol. The fourth-order valence-corrected chi connectivity index (χ4v) is 13.3.